The first-order chi connectivity index (χ1) is 16.7. The molecule has 0 bridgehead atoms. The molecule has 0 spiro atoms. The minimum absolute atomic E-state index is 0.0453. The Morgan fingerprint density at radius 3 is 2.17 bits per heavy atom. The number of amides is 2. The maximum atomic E-state index is 13.4. The zero-order chi connectivity index (χ0) is 25.2. The van der Waals surface area contributed by atoms with E-state index in [9.17, 15) is 23.2 Å². The topological polar surface area (TPSA) is 105 Å². The minimum Gasteiger partial charge on any atom is -0.477 e. The van der Waals surface area contributed by atoms with Crippen molar-refractivity contribution >= 4 is 23.7 Å². The van der Waals surface area contributed by atoms with Crippen molar-refractivity contribution in [3.05, 3.63) is 89.0 Å². The summed E-state index contributed by atoms with van der Waals surface area (Å²) in [6.45, 7) is 0.345. The number of aliphatic carboxylic acids is 1. The maximum Gasteiger partial charge on any atom is 0.411 e. The van der Waals surface area contributed by atoms with Gasteiger partial charge in [-0.2, -0.15) is 8.78 Å². The highest BCUT2D eigenvalue weighted by atomic mass is 19.3. The number of hydrogen-bond donors (Lipinski definition) is 3. The van der Waals surface area contributed by atoms with Gasteiger partial charge in [0, 0.05) is 5.92 Å². The molecule has 1 aliphatic rings. The van der Waals surface area contributed by atoms with Crippen LogP contribution in [0.15, 0.2) is 66.7 Å². The number of halogens is 2. The molecule has 3 N–H and O–H groups in total. The number of carbonyl (C=O) groups excluding carboxylic acids is 2. The summed E-state index contributed by atoms with van der Waals surface area (Å²) in [5, 5.41) is 12.9. The largest absolute Gasteiger partial charge is 0.477 e. The number of anilines is 1. The van der Waals surface area contributed by atoms with Crippen LogP contribution in [0.1, 0.15) is 33.0 Å². The lowest BCUT2D eigenvalue weighted by Crippen LogP contribution is -2.42. The molecule has 0 saturated carbocycles. The van der Waals surface area contributed by atoms with E-state index in [2.05, 4.69) is 5.32 Å². The van der Waals surface area contributed by atoms with Gasteiger partial charge in [0.05, 0.1) is 17.8 Å². The van der Waals surface area contributed by atoms with Gasteiger partial charge in [-0.1, -0.05) is 60.2 Å². The molecule has 0 unspecified atom stereocenters. The number of aryl methyl sites for hydroxylation is 1. The first kappa shape index (κ1) is 23.9. The Hall–Kier alpha value is -4.27. The Kier molecular flexibility index (Phi) is 6.50. The second-order valence-electron chi connectivity index (χ2n) is 8.19. The average molecular weight is 480 g/mol. The first-order valence-corrected chi connectivity index (χ1v) is 10.8. The number of carbonyl (C=O) groups is 3. The van der Waals surface area contributed by atoms with Gasteiger partial charge in [0.1, 0.15) is 6.61 Å². The minimum atomic E-state index is -4.13. The Morgan fingerprint density at radius 1 is 0.971 bits per heavy atom. The van der Waals surface area contributed by atoms with Crippen molar-refractivity contribution in [2.75, 3.05) is 18.5 Å². The molecule has 1 aliphatic carbocycles. The van der Waals surface area contributed by atoms with E-state index in [0.717, 1.165) is 22.3 Å². The molecule has 0 saturated heterocycles. The molecule has 4 rings (SSSR count). The third kappa shape index (κ3) is 4.98. The van der Waals surface area contributed by atoms with Crippen molar-refractivity contribution in [1.29, 1.82) is 0 Å². The third-order valence-electron chi connectivity index (χ3n) is 5.78. The maximum absolute atomic E-state index is 13.4. The van der Waals surface area contributed by atoms with Gasteiger partial charge < -0.3 is 15.2 Å². The van der Waals surface area contributed by atoms with Gasteiger partial charge >= 0.3 is 18.0 Å². The molecule has 7 nitrogen and oxygen atoms in total. The van der Waals surface area contributed by atoms with E-state index in [4.69, 9.17) is 9.84 Å². The number of nitrogens with one attached hydrogen (secondary N) is 2. The van der Waals surface area contributed by atoms with Gasteiger partial charge in [-0.3, -0.25) is 10.1 Å². The smallest absolute Gasteiger partial charge is 0.411 e. The lowest BCUT2D eigenvalue weighted by atomic mass is 9.98. The number of carboxylic acid groups (broad SMARTS) is 1. The molecule has 2 amide bonds. The molecular formula is C26H22F2N2O5. The average Bonchev–Trinajstić information content (AvgIpc) is 3.16. The Balaban J connectivity index is 1.46. The second kappa shape index (κ2) is 9.54. The molecule has 35 heavy (non-hydrogen) atoms. The van der Waals surface area contributed by atoms with Gasteiger partial charge in [-0.05, 0) is 41.3 Å². The molecule has 0 aromatic heterocycles. The number of fused-ring (bicyclic) bond motifs is 3. The summed E-state index contributed by atoms with van der Waals surface area (Å²) in [5.41, 5.74) is 4.81. The highest BCUT2D eigenvalue weighted by Gasteiger charge is 2.39. The quantitative estimate of drug-likeness (QED) is 0.450. The molecule has 0 atom stereocenters. The first-order valence-electron chi connectivity index (χ1n) is 10.8. The van der Waals surface area contributed by atoms with Crippen LogP contribution in [-0.2, 0) is 9.53 Å². The lowest BCUT2D eigenvalue weighted by molar-refractivity contribution is -0.163. The number of benzene rings is 3. The molecular weight excluding hydrogens is 458 g/mol. The number of carboxylic acids is 1. The van der Waals surface area contributed by atoms with Gasteiger partial charge in [-0.15, -0.1) is 0 Å². The fourth-order valence-electron chi connectivity index (χ4n) is 4.06. The number of hydrogen-bond acceptors (Lipinski definition) is 4. The molecule has 0 heterocycles. The molecule has 0 aliphatic heterocycles. The normalized spacial score (nSPS) is 12.4. The van der Waals surface area contributed by atoms with E-state index in [-0.39, 0.29) is 23.8 Å². The summed E-state index contributed by atoms with van der Waals surface area (Å²) < 4.78 is 32.2. The van der Waals surface area contributed by atoms with Gasteiger partial charge in [-0.25, -0.2) is 9.59 Å². The Labute approximate surface area is 199 Å². The zero-order valence-electron chi connectivity index (χ0n) is 18.7. The van der Waals surface area contributed by atoms with Crippen LogP contribution in [0.25, 0.3) is 11.1 Å². The van der Waals surface area contributed by atoms with Gasteiger partial charge in [0.25, 0.3) is 5.91 Å². The number of alkyl halides is 2. The van der Waals surface area contributed by atoms with Crippen LogP contribution in [0.2, 0.25) is 0 Å². The van der Waals surface area contributed by atoms with Crippen molar-refractivity contribution in [2.45, 2.75) is 18.8 Å². The van der Waals surface area contributed by atoms with Crippen molar-refractivity contribution in [3.63, 3.8) is 0 Å². The predicted octanol–water partition coefficient (Wildman–Crippen LogP) is 4.81. The number of rotatable bonds is 7. The van der Waals surface area contributed by atoms with E-state index in [1.54, 1.807) is 13.0 Å². The van der Waals surface area contributed by atoms with Crippen molar-refractivity contribution < 1.29 is 33.0 Å². The van der Waals surface area contributed by atoms with Crippen LogP contribution in [0.4, 0.5) is 19.3 Å². The van der Waals surface area contributed by atoms with E-state index in [1.807, 2.05) is 53.8 Å². The molecule has 0 radical (unpaired) electrons. The van der Waals surface area contributed by atoms with Crippen LogP contribution in [-0.4, -0.2) is 42.2 Å². The predicted molar refractivity (Wildman–Crippen MR) is 125 cm³/mol. The van der Waals surface area contributed by atoms with E-state index < -0.39 is 30.4 Å². The summed E-state index contributed by atoms with van der Waals surface area (Å²) in [5.74, 6) is -7.59. The Bertz CT molecular complexity index is 1260. The van der Waals surface area contributed by atoms with E-state index in [1.165, 1.54) is 12.1 Å². The van der Waals surface area contributed by atoms with E-state index >= 15 is 0 Å². The lowest BCUT2D eigenvalue weighted by Gasteiger charge is -2.17. The molecule has 180 valence electrons. The fraction of sp³-hybridized carbons (Fsp3) is 0.192. The highest BCUT2D eigenvalue weighted by molar-refractivity contribution is 6.03. The van der Waals surface area contributed by atoms with Crippen LogP contribution in [0.5, 0.6) is 0 Å². The van der Waals surface area contributed by atoms with Crippen LogP contribution in [0, 0.1) is 6.92 Å². The highest BCUT2D eigenvalue weighted by Crippen LogP contribution is 2.44. The molecule has 9 heteroatoms. The van der Waals surface area contributed by atoms with Crippen LogP contribution < -0.4 is 10.6 Å². The summed E-state index contributed by atoms with van der Waals surface area (Å²) in [6.07, 6.45) is -0.819. The van der Waals surface area contributed by atoms with Gasteiger partial charge in [0.15, 0.2) is 0 Å². The van der Waals surface area contributed by atoms with Crippen molar-refractivity contribution in [1.82, 2.24) is 5.32 Å². The van der Waals surface area contributed by atoms with Crippen molar-refractivity contribution in [2.24, 2.45) is 0 Å². The number of ether oxygens (including phenoxy) is 1. The zero-order valence-corrected chi connectivity index (χ0v) is 18.7. The fourth-order valence-corrected chi connectivity index (χ4v) is 4.06. The van der Waals surface area contributed by atoms with Crippen molar-refractivity contribution in [3.8, 4) is 11.1 Å². The molecule has 3 aromatic carbocycles. The SMILES string of the molecule is Cc1ccc(NC(=O)OCC2c3ccccc3-c3ccccc32)c(C(=O)NCC(F)(F)C(=O)O)c1. The second-order valence-corrected chi connectivity index (χ2v) is 8.19. The van der Waals surface area contributed by atoms with Crippen LogP contribution in [0.3, 0.4) is 0 Å². The standard InChI is InChI=1S/C26H22F2N2O5/c1-15-10-11-22(20(12-15)23(31)29-14-26(27,28)24(32)33)30-25(34)35-13-21-18-8-4-2-6-16(18)17-7-3-5-9-19(17)21/h2-12,21H,13-14H2,1H3,(H,29,31)(H,30,34)(H,32,33). The molecule has 3 aromatic rings. The third-order valence-corrected chi connectivity index (χ3v) is 5.78. The van der Waals surface area contributed by atoms with Crippen LogP contribution >= 0.6 is 0 Å². The monoisotopic (exact) mass is 480 g/mol. The Morgan fingerprint density at radius 2 is 1.57 bits per heavy atom. The summed E-state index contributed by atoms with van der Waals surface area (Å²) in [4.78, 5) is 35.7. The summed E-state index contributed by atoms with van der Waals surface area (Å²) in [6, 6.07) is 20.2. The summed E-state index contributed by atoms with van der Waals surface area (Å²) >= 11 is 0. The van der Waals surface area contributed by atoms with Gasteiger partial charge in [0.2, 0.25) is 0 Å². The summed E-state index contributed by atoms with van der Waals surface area (Å²) in [7, 11) is 0. The van der Waals surface area contributed by atoms with E-state index in [0.29, 0.717) is 5.56 Å². The molecule has 0 fully saturated rings.